The number of hydrogen-bond acceptors (Lipinski definition) is 14. The molecule has 0 saturated carbocycles. The molecule has 21 nitrogen and oxygen atoms in total. The van der Waals surface area contributed by atoms with E-state index < -0.39 is 110 Å². The lowest BCUT2D eigenvalue weighted by Crippen LogP contribution is -2.58. The van der Waals surface area contributed by atoms with Gasteiger partial charge >= 0.3 is 5.97 Å². The summed E-state index contributed by atoms with van der Waals surface area (Å²) in [6.07, 6.45) is 6.87. The summed E-state index contributed by atoms with van der Waals surface area (Å²) in [6, 6.07) is 5.44. The first kappa shape index (κ1) is 60.4. The van der Waals surface area contributed by atoms with Crippen molar-refractivity contribution in [2.45, 2.75) is 172 Å². The third-order valence-electron chi connectivity index (χ3n) is 12.7. The summed E-state index contributed by atoms with van der Waals surface area (Å²) < 4.78 is 11.4. The minimum atomic E-state index is -1.61. The van der Waals surface area contributed by atoms with Crippen molar-refractivity contribution >= 4 is 41.4 Å². The van der Waals surface area contributed by atoms with Gasteiger partial charge in [0.2, 0.25) is 41.7 Å². The number of para-hydroxylation sites is 1. The maximum Gasteiger partial charge on any atom is 0.326 e. The number of unbranched alkanes of at least 4 members (excludes halogenated alkanes) is 11. The number of hydrogen-bond donors (Lipinski definition) is 10. The number of aliphatic carboxylic acids is 1. The Bertz CT molecular complexity index is 2090. The Hall–Kier alpha value is -5.87. The lowest BCUT2D eigenvalue weighted by molar-refractivity contribution is -0.268. The number of likely N-dealkylation sites (N-methyl/N-ethyl adjacent to an activating group) is 2. The van der Waals surface area contributed by atoms with Gasteiger partial charge in [0, 0.05) is 38.1 Å². The van der Waals surface area contributed by atoms with Crippen LogP contribution in [0.15, 0.2) is 42.5 Å². The van der Waals surface area contributed by atoms with E-state index in [0.717, 1.165) is 29.1 Å². The number of nitrogens with zero attached hydrogens (tertiary/aromatic N) is 2. The Kier molecular flexibility index (Phi) is 25.9. The van der Waals surface area contributed by atoms with Crippen LogP contribution in [0.1, 0.15) is 117 Å². The van der Waals surface area contributed by atoms with Crippen molar-refractivity contribution in [2.24, 2.45) is 0 Å². The zero-order valence-electron chi connectivity index (χ0n) is 42.5. The van der Waals surface area contributed by atoms with Crippen molar-refractivity contribution in [1.29, 1.82) is 0 Å². The summed E-state index contributed by atoms with van der Waals surface area (Å²) in [4.78, 5) is 92.0. The van der Waals surface area contributed by atoms with E-state index in [1.54, 1.807) is 18.2 Å². The molecule has 0 aliphatic carbocycles. The molecule has 10 N–H and O–H groups in total. The lowest BCUT2D eigenvalue weighted by Gasteiger charge is -2.39. The van der Waals surface area contributed by atoms with Crippen LogP contribution in [0.4, 0.5) is 0 Å². The topological polar surface area (TPSA) is 314 Å². The third-order valence-corrected chi connectivity index (χ3v) is 12.7. The predicted molar refractivity (Wildman–Crippen MR) is 265 cm³/mol. The van der Waals surface area contributed by atoms with Crippen LogP contribution in [-0.2, 0) is 44.7 Å². The first-order chi connectivity index (χ1) is 34.2. The van der Waals surface area contributed by atoms with Crippen molar-refractivity contribution in [1.82, 2.24) is 31.1 Å². The van der Waals surface area contributed by atoms with Crippen molar-refractivity contribution in [3.05, 3.63) is 48.0 Å². The Morgan fingerprint density at radius 2 is 1.32 bits per heavy atom. The van der Waals surface area contributed by atoms with Crippen LogP contribution in [0.2, 0.25) is 0 Å². The molecule has 4 unspecified atom stereocenters. The number of carbonyl (C=O) groups is 7. The van der Waals surface area contributed by atoms with Crippen LogP contribution >= 0.6 is 0 Å². The van der Waals surface area contributed by atoms with E-state index in [1.807, 2.05) is 0 Å². The summed E-state index contributed by atoms with van der Waals surface area (Å²) in [6.45, 7) is 4.59. The normalized spacial score (nSPS) is 19.2. The van der Waals surface area contributed by atoms with E-state index >= 15 is 0 Å². The molecule has 2 aromatic rings. The number of amides is 6. The second-order valence-corrected chi connectivity index (χ2v) is 18.6. The molecule has 6 amide bonds. The minimum Gasteiger partial charge on any atom is -0.507 e. The molecule has 72 heavy (non-hydrogen) atoms. The second kappa shape index (κ2) is 30.9. The number of aliphatic hydroxyl groups is 4. The smallest absolute Gasteiger partial charge is 0.326 e. The standard InChI is InChI=1S/C51H78N6O15/c1-7-8-9-10-11-12-13-14-15-16-17-18-23-42(61)57(6)38(30-58)49(68)54-31(2)47(66)52-28-43(62)56(5)29-41(60)53-32(3)48(67)55-37(50(69)70)27-34-24-25-39(59)36(26-34)35-21-19-20-22-40(35)72-51-46(65)45(64)44(63)33(4)71-51/h19-22,24-26,31-33,37-38,44-46,51,58-59,63-65H,7-18,23,27-30H2,1-6H3,(H,52,66)(H,53,60)(H,54,68)(H,55,67)(H,69,70)/t31?,32?,33-,37?,38?,44-,45+,46+,51-/m1/s1. The van der Waals surface area contributed by atoms with Crippen molar-refractivity contribution in [2.75, 3.05) is 33.8 Å². The van der Waals surface area contributed by atoms with Crippen LogP contribution in [0.3, 0.4) is 0 Å². The predicted octanol–water partition coefficient (Wildman–Crippen LogP) is 1.87. The minimum absolute atomic E-state index is 0.122. The third kappa shape index (κ3) is 19.3. The number of rotatable bonds is 31. The maximum absolute atomic E-state index is 13.1. The number of aromatic hydroxyl groups is 1. The Balaban J connectivity index is 1.44. The van der Waals surface area contributed by atoms with Crippen LogP contribution in [0.25, 0.3) is 11.1 Å². The molecule has 1 aliphatic heterocycles. The van der Waals surface area contributed by atoms with E-state index in [2.05, 4.69) is 28.2 Å². The van der Waals surface area contributed by atoms with Gasteiger partial charge in [0.05, 0.1) is 25.8 Å². The number of benzene rings is 2. The van der Waals surface area contributed by atoms with Crippen LogP contribution in [0, 0.1) is 0 Å². The Morgan fingerprint density at radius 3 is 1.93 bits per heavy atom. The van der Waals surface area contributed by atoms with E-state index in [9.17, 15) is 64.2 Å². The molecule has 21 heteroatoms. The number of phenolic OH excluding ortho intramolecular Hbond substituents is 1. The summed E-state index contributed by atoms with van der Waals surface area (Å²) in [5.41, 5.74) is 0.866. The molecule has 1 heterocycles. The fraction of sp³-hybridized carbons (Fsp3) is 0.627. The highest BCUT2D eigenvalue weighted by molar-refractivity contribution is 5.94. The highest BCUT2D eigenvalue weighted by atomic mass is 16.7. The molecular formula is C51H78N6O15. The molecule has 1 fully saturated rings. The fourth-order valence-corrected chi connectivity index (χ4v) is 8.02. The van der Waals surface area contributed by atoms with Crippen molar-refractivity contribution in [3.63, 3.8) is 0 Å². The van der Waals surface area contributed by atoms with Gasteiger partial charge in [-0.1, -0.05) is 102 Å². The quantitative estimate of drug-likeness (QED) is 0.0483. The van der Waals surface area contributed by atoms with Gasteiger partial charge in [-0.3, -0.25) is 28.8 Å². The molecule has 0 aromatic heterocycles. The van der Waals surface area contributed by atoms with E-state index in [4.69, 9.17) is 9.47 Å². The molecule has 0 spiro atoms. The zero-order chi connectivity index (χ0) is 53.5. The number of carbonyl (C=O) groups excluding carboxylic acids is 6. The molecule has 9 atom stereocenters. The van der Waals surface area contributed by atoms with Gasteiger partial charge in [-0.05, 0) is 51.0 Å². The molecule has 0 bridgehead atoms. The molecule has 0 radical (unpaired) electrons. The highest BCUT2D eigenvalue weighted by Gasteiger charge is 2.43. The number of nitrogens with one attached hydrogen (secondary N) is 4. The Labute approximate surface area is 422 Å². The summed E-state index contributed by atoms with van der Waals surface area (Å²) >= 11 is 0. The van der Waals surface area contributed by atoms with Gasteiger partial charge in [-0.2, -0.15) is 0 Å². The molecule has 3 rings (SSSR count). The monoisotopic (exact) mass is 1010 g/mol. The zero-order valence-corrected chi connectivity index (χ0v) is 42.5. The van der Waals surface area contributed by atoms with Crippen LogP contribution < -0.4 is 26.0 Å². The van der Waals surface area contributed by atoms with Gasteiger partial charge in [0.1, 0.15) is 54.0 Å². The number of phenols is 1. The average Bonchev–Trinajstić information content (AvgIpc) is 3.34. The van der Waals surface area contributed by atoms with Gasteiger partial charge in [-0.25, -0.2) is 4.79 Å². The summed E-state index contributed by atoms with van der Waals surface area (Å²) in [7, 11) is 2.69. The fourth-order valence-electron chi connectivity index (χ4n) is 8.02. The largest absolute Gasteiger partial charge is 0.507 e. The Morgan fingerprint density at radius 1 is 0.722 bits per heavy atom. The van der Waals surface area contributed by atoms with Crippen LogP contribution in [-0.4, -0.2) is 171 Å². The van der Waals surface area contributed by atoms with Crippen molar-refractivity contribution < 1.29 is 73.7 Å². The van der Waals surface area contributed by atoms with E-state index in [0.29, 0.717) is 17.5 Å². The van der Waals surface area contributed by atoms with Gasteiger partial charge < -0.3 is 71.2 Å². The van der Waals surface area contributed by atoms with Gasteiger partial charge in [0.25, 0.3) is 0 Å². The van der Waals surface area contributed by atoms with Gasteiger partial charge in [-0.15, -0.1) is 0 Å². The highest BCUT2D eigenvalue weighted by Crippen LogP contribution is 2.38. The van der Waals surface area contributed by atoms with Crippen molar-refractivity contribution in [3.8, 4) is 22.6 Å². The molecular weight excluding hydrogens is 937 g/mol. The molecule has 2 aromatic carbocycles. The van der Waals surface area contributed by atoms with Gasteiger partial charge in [0.15, 0.2) is 0 Å². The second-order valence-electron chi connectivity index (χ2n) is 18.6. The first-order valence-electron chi connectivity index (χ1n) is 25.0. The van der Waals surface area contributed by atoms with E-state index in [-0.39, 0.29) is 35.8 Å². The lowest BCUT2D eigenvalue weighted by atomic mass is 9.97. The molecule has 1 saturated heterocycles. The average molecular weight is 1020 g/mol. The summed E-state index contributed by atoms with van der Waals surface area (Å²) in [5.74, 6) is -5.67. The first-order valence-corrected chi connectivity index (χ1v) is 25.0. The molecule has 1 aliphatic rings. The van der Waals surface area contributed by atoms with E-state index in [1.165, 1.54) is 110 Å². The summed E-state index contributed by atoms with van der Waals surface area (Å²) in [5, 5.41) is 71.3. The maximum atomic E-state index is 13.1. The molecule has 402 valence electrons. The number of ether oxygens (including phenoxy) is 2. The number of aliphatic hydroxyl groups excluding tert-OH is 4. The number of carboxylic acid groups (broad SMARTS) is 1. The van der Waals surface area contributed by atoms with Crippen LogP contribution in [0.5, 0.6) is 11.5 Å². The SMILES string of the molecule is CCCCCCCCCCCCCCC(=O)N(C)C(CO)C(=O)NC(C)C(=O)NCC(=O)N(C)CC(=O)NC(C)C(=O)NC(Cc1ccc(O)c(-c2ccccc2O[C@H]2O[C@H](C)[C@@H](O)[C@H](O)[C@@H]2O)c1)C(=O)O. The number of carboxylic acids is 1.